The van der Waals surface area contributed by atoms with Crippen molar-refractivity contribution in [1.29, 1.82) is 0 Å². The van der Waals surface area contributed by atoms with Gasteiger partial charge in [-0.1, -0.05) is 12.1 Å². The molecule has 1 saturated heterocycles. The van der Waals surface area contributed by atoms with Crippen LogP contribution in [0.3, 0.4) is 0 Å². The molecule has 5 heteroatoms. The molecule has 0 N–H and O–H groups in total. The summed E-state index contributed by atoms with van der Waals surface area (Å²) in [5.41, 5.74) is 4.44. The first-order chi connectivity index (χ1) is 13.5. The number of hydrogen-bond acceptors (Lipinski definition) is 5. The second-order valence-corrected chi connectivity index (χ2v) is 8.02. The number of carbonyl (C=O) groups is 1. The lowest BCUT2D eigenvalue weighted by Crippen LogP contribution is -2.51. The number of rotatable bonds is 1. The lowest BCUT2D eigenvalue weighted by Gasteiger charge is -2.44. The van der Waals surface area contributed by atoms with Gasteiger partial charge in [-0.05, 0) is 49.2 Å². The minimum atomic E-state index is -0.396. The first-order valence-electron chi connectivity index (χ1n) is 9.83. The minimum absolute atomic E-state index is 0.197. The molecule has 5 rings (SSSR count). The number of ether oxygens (including phenoxy) is 1. The van der Waals surface area contributed by atoms with Crippen LogP contribution in [0.25, 0.3) is 11.0 Å². The van der Waals surface area contributed by atoms with Crippen LogP contribution in [0.1, 0.15) is 40.7 Å². The summed E-state index contributed by atoms with van der Waals surface area (Å²) in [6, 6.07) is 11.9. The van der Waals surface area contributed by atoms with E-state index in [1.165, 1.54) is 0 Å². The van der Waals surface area contributed by atoms with E-state index in [0.29, 0.717) is 6.42 Å². The van der Waals surface area contributed by atoms with E-state index in [9.17, 15) is 4.79 Å². The van der Waals surface area contributed by atoms with E-state index in [1.54, 1.807) is 0 Å². The number of Topliss-reactive ketones (excluding diaryl/α,β-unsaturated/α-hetero) is 1. The van der Waals surface area contributed by atoms with E-state index in [0.717, 1.165) is 65.2 Å². The van der Waals surface area contributed by atoms with Gasteiger partial charge in [0.05, 0.1) is 29.2 Å². The van der Waals surface area contributed by atoms with Crippen molar-refractivity contribution in [2.75, 3.05) is 18.0 Å². The molecule has 0 saturated carbocycles. The maximum atomic E-state index is 12.8. The smallest absolute Gasteiger partial charge is 0.170 e. The van der Waals surface area contributed by atoms with Gasteiger partial charge in [-0.15, -0.1) is 0 Å². The highest BCUT2D eigenvalue weighted by Gasteiger charge is 2.43. The van der Waals surface area contributed by atoms with Crippen molar-refractivity contribution < 1.29 is 9.53 Å². The maximum absolute atomic E-state index is 12.8. The lowest BCUT2D eigenvalue weighted by atomic mass is 9.82. The predicted molar refractivity (Wildman–Crippen MR) is 109 cm³/mol. The Kier molecular flexibility index (Phi) is 3.86. The molecule has 5 nitrogen and oxygen atoms in total. The summed E-state index contributed by atoms with van der Waals surface area (Å²) >= 11 is 0. The van der Waals surface area contributed by atoms with Crippen LogP contribution >= 0.6 is 0 Å². The van der Waals surface area contributed by atoms with Crippen LogP contribution in [0.4, 0.5) is 5.82 Å². The SMILES string of the molecule is Cc1cc2c(cc1C)C(=O)CC1(CCN(c3cnc4ccccc4n3)CC1)O2. The Balaban J connectivity index is 1.37. The van der Waals surface area contributed by atoms with Gasteiger partial charge in [0.25, 0.3) is 0 Å². The molecular weight excluding hydrogens is 350 g/mol. The first kappa shape index (κ1) is 17.2. The van der Waals surface area contributed by atoms with Crippen molar-refractivity contribution in [2.24, 2.45) is 0 Å². The quantitative estimate of drug-likeness (QED) is 0.638. The third-order valence-electron chi connectivity index (χ3n) is 6.14. The summed E-state index contributed by atoms with van der Waals surface area (Å²) in [4.78, 5) is 24.3. The summed E-state index contributed by atoms with van der Waals surface area (Å²) in [6.45, 7) is 5.71. The molecule has 0 amide bonds. The zero-order valence-corrected chi connectivity index (χ0v) is 16.2. The fourth-order valence-corrected chi connectivity index (χ4v) is 4.27. The first-order valence-corrected chi connectivity index (χ1v) is 9.83. The summed E-state index contributed by atoms with van der Waals surface area (Å²) in [5.74, 6) is 1.84. The number of aromatic nitrogens is 2. The molecule has 1 fully saturated rings. The molecule has 0 radical (unpaired) electrons. The molecule has 1 spiro atoms. The van der Waals surface area contributed by atoms with Crippen LogP contribution in [0, 0.1) is 13.8 Å². The second-order valence-electron chi connectivity index (χ2n) is 8.02. The van der Waals surface area contributed by atoms with Gasteiger partial charge in [-0.3, -0.25) is 9.78 Å². The molecule has 2 aromatic carbocycles. The Morgan fingerprint density at radius 1 is 1.04 bits per heavy atom. The Bertz CT molecular complexity index is 1080. The van der Waals surface area contributed by atoms with Crippen LogP contribution in [0.5, 0.6) is 5.75 Å². The van der Waals surface area contributed by atoms with Crippen molar-refractivity contribution in [2.45, 2.75) is 38.7 Å². The van der Waals surface area contributed by atoms with Crippen molar-refractivity contribution in [3.8, 4) is 5.75 Å². The van der Waals surface area contributed by atoms with Crippen molar-refractivity contribution >= 4 is 22.6 Å². The summed E-state index contributed by atoms with van der Waals surface area (Å²) in [5, 5.41) is 0. The third-order valence-corrected chi connectivity index (χ3v) is 6.14. The monoisotopic (exact) mass is 373 g/mol. The maximum Gasteiger partial charge on any atom is 0.170 e. The van der Waals surface area contributed by atoms with Gasteiger partial charge in [0.15, 0.2) is 5.78 Å². The zero-order chi connectivity index (χ0) is 19.3. The standard InChI is InChI=1S/C23H23N3O2/c1-15-11-17-20(27)13-23(28-21(17)12-16(15)2)7-9-26(10-8-23)22-14-24-18-5-3-4-6-19(18)25-22/h3-6,11-12,14H,7-10,13H2,1-2H3. The number of para-hydroxylation sites is 2. The number of piperidine rings is 1. The van der Waals surface area contributed by atoms with E-state index in [1.807, 2.05) is 49.5 Å². The van der Waals surface area contributed by atoms with Gasteiger partial charge in [0.2, 0.25) is 0 Å². The third kappa shape index (κ3) is 2.82. The van der Waals surface area contributed by atoms with Crippen LogP contribution in [0.2, 0.25) is 0 Å². The van der Waals surface area contributed by atoms with Crippen LogP contribution in [0.15, 0.2) is 42.6 Å². The molecule has 0 bridgehead atoms. The molecule has 2 aliphatic heterocycles. The summed E-state index contributed by atoms with van der Waals surface area (Å²) < 4.78 is 6.44. The van der Waals surface area contributed by atoms with Crippen molar-refractivity contribution in [3.63, 3.8) is 0 Å². The molecule has 1 aromatic heterocycles. The fraction of sp³-hybridized carbons (Fsp3) is 0.348. The molecule has 0 atom stereocenters. The molecule has 0 aliphatic carbocycles. The highest BCUT2D eigenvalue weighted by molar-refractivity contribution is 6.00. The van der Waals surface area contributed by atoms with Gasteiger partial charge in [0, 0.05) is 25.9 Å². The molecule has 28 heavy (non-hydrogen) atoms. The number of ketones is 1. The minimum Gasteiger partial charge on any atom is -0.486 e. The van der Waals surface area contributed by atoms with Gasteiger partial charge in [-0.25, -0.2) is 4.98 Å². The average Bonchev–Trinajstić information content (AvgIpc) is 2.70. The van der Waals surface area contributed by atoms with E-state index in [4.69, 9.17) is 9.72 Å². The van der Waals surface area contributed by atoms with Gasteiger partial charge >= 0.3 is 0 Å². The van der Waals surface area contributed by atoms with E-state index in [2.05, 4.69) is 16.8 Å². The van der Waals surface area contributed by atoms with Crippen LogP contribution in [-0.2, 0) is 0 Å². The molecular formula is C23H23N3O2. The van der Waals surface area contributed by atoms with Crippen molar-refractivity contribution in [1.82, 2.24) is 9.97 Å². The highest BCUT2D eigenvalue weighted by Crippen LogP contribution is 2.40. The number of anilines is 1. The average molecular weight is 373 g/mol. The van der Waals surface area contributed by atoms with E-state index in [-0.39, 0.29) is 5.78 Å². The Morgan fingerprint density at radius 3 is 2.54 bits per heavy atom. The number of aryl methyl sites for hydroxylation is 2. The summed E-state index contributed by atoms with van der Waals surface area (Å²) in [7, 11) is 0. The Hall–Kier alpha value is -2.95. The topological polar surface area (TPSA) is 55.3 Å². The highest BCUT2D eigenvalue weighted by atomic mass is 16.5. The van der Waals surface area contributed by atoms with Gasteiger partial charge < -0.3 is 9.64 Å². The molecule has 2 aliphatic rings. The van der Waals surface area contributed by atoms with E-state index < -0.39 is 5.60 Å². The number of hydrogen-bond donors (Lipinski definition) is 0. The molecule has 3 heterocycles. The normalized spacial score (nSPS) is 18.2. The van der Waals surface area contributed by atoms with Gasteiger partial charge in [-0.2, -0.15) is 0 Å². The Morgan fingerprint density at radius 2 is 1.75 bits per heavy atom. The second kappa shape index (κ2) is 6.30. The number of benzene rings is 2. The number of nitrogens with zero attached hydrogens (tertiary/aromatic N) is 3. The number of fused-ring (bicyclic) bond motifs is 2. The fourth-order valence-electron chi connectivity index (χ4n) is 4.27. The predicted octanol–water partition coefficient (Wildman–Crippen LogP) is 4.25. The molecule has 142 valence electrons. The summed E-state index contributed by atoms with van der Waals surface area (Å²) in [6.07, 6.45) is 3.91. The largest absolute Gasteiger partial charge is 0.486 e. The molecule has 3 aromatic rings. The van der Waals surface area contributed by atoms with Crippen LogP contribution in [-0.4, -0.2) is 34.4 Å². The molecule has 0 unspecified atom stereocenters. The number of carbonyl (C=O) groups excluding carboxylic acids is 1. The van der Waals surface area contributed by atoms with Crippen molar-refractivity contribution in [3.05, 3.63) is 59.3 Å². The van der Waals surface area contributed by atoms with Gasteiger partial charge in [0.1, 0.15) is 17.2 Å². The van der Waals surface area contributed by atoms with Crippen LogP contribution < -0.4 is 9.64 Å². The van der Waals surface area contributed by atoms with E-state index >= 15 is 0 Å². The zero-order valence-electron chi connectivity index (χ0n) is 16.2. The lowest BCUT2D eigenvalue weighted by molar-refractivity contribution is 0.0230. The Labute approximate surface area is 164 Å².